The first kappa shape index (κ1) is 23.2. The van der Waals surface area contributed by atoms with Gasteiger partial charge in [-0.1, -0.05) is 20.8 Å². The number of hydrogen-bond donors (Lipinski definition) is 4. The van der Waals surface area contributed by atoms with Gasteiger partial charge in [0.2, 0.25) is 0 Å². The second kappa shape index (κ2) is 8.13. The zero-order valence-corrected chi connectivity index (χ0v) is 19.9. The van der Waals surface area contributed by atoms with Gasteiger partial charge in [0, 0.05) is 6.16 Å². The second-order valence-electron chi connectivity index (χ2n) is 11.9. The molecule has 0 spiro atoms. The Hall–Kier alpha value is 0.0700. The molecule has 0 aromatic heterocycles. The van der Waals surface area contributed by atoms with Gasteiger partial charge >= 0.3 is 7.60 Å². The quantitative estimate of drug-likeness (QED) is 0.468. The molecular weight excluding hydrogens is 399 g/mol. The molecule has 0 amide bonds. The Morgan fingerprint density at radius 3 is 2.43 bits per heavy atom. The van der Waals surface area contributed by atoms with Gasteiger partial charge in [0.15, 0.2) is 0 Å². The maximum Gasteiger partial charge on any atom is 0.325 e. The molecule has 0 aromatic rings. The predicted octanol–water partition coefficient (Wildman–Crippen LogP) is 4.57. The molecule has 4 N–H and O–H groups in total. The predicted molar refractivity (Wildman–Crippen MR) is 118 cm³/mol. The first-order valence-corrected chi connectivity index (χ1v) is 14.2. The highest BCUT2D eigenvalue weighted by Crippen LogP contribution is 2.68. The van der Waals surface area contributed by atoms with Gasteiger partial charge in [-0.3, -0.25) is 4.57 Å². The molecule has 0 heterocycles. The van der Waals surface area contributed by atoms with E-state index in [0.717, 1.165) is 38.5 Å². The molecular formula is C24H43O5P. The van der Waals surface area contributed by atoms with Crippen LogP contribution in [0.15, 0.2) is 0 Å². The smallest absolute Gasteiger partial charge is 0.325 e. The molecule has 6 heteroatoms. The molecule has 4 fully saturated rings. The molecule has 4 rings (SSSR count). The van der Waals surface area contributed by atoms with Gasteiger partial charge < -0.3 is 20.0 Å². The molecule has 0 radical (unpaired) electrons. The summed E-state index contributed by atoms with van der Waals surface area (Å²) in [4.78, 5) is 18.4. The Kier molecular flexibility index (Phi) is 6.30. The number of hydrogen-bond acceptors (Lipinski definition) is 3. The van der Waals surface area contributed by atoms with Crippen molar-refractivity contribution in [2.24, 2.45) is 46.3 Å². The van der Waals surface area contributed by atoms with Crippen LogP contribution < -0.4 is 0 Å². The van der Waals surface area contributed by atoms with Crippen LogP contribution in [-0.4, -0.2) is 38.4 Å². The van der Waals surface area contributed by atoms with Crippen molar-refractivity contribution in [3.63, 3.8) is 0 Å². The lowest BCUT2D eigenvalue weighted by atomic mass is 9.43. The van der Waals surface area contributed by atoms with Crippen LogP contribution in [0.1, 0.15) is 85.0 Å². The third-order valence-corrected chi connectivity index (χ3v) is 11.5. The summed E-state index contributed by atoms with van der Waals surface area (Å²) in [5.74, 6) is 3.24. The highest BCUT2D eigenvalue weighted by atomic mass is 31.2. The van der Waals surface area contributed by atoms with E-state index in [1.165, 1.54) is 19.3 Å². The van der Waals surface area contributed by atoms with Gasteiger partial charge in [-0.05, 0) is 111 Å². The van der Waals surface area contributed by atoms with Crippen molar-refractivity contribution in [2.75, 3.05) is 6.16 Å². The Morgan fingerprint density at radius 1 is 1.00 bits per heavy atom. The van der Waals surface area contributed by atoms with Crippen molar-refractivity contribution in [1.82, 2.24) is 0 Å². The molecule has 4 aliphatic rings. The van der Waals surface area contributed by atoms with Crippen LogP contribution in [0.4, 0.5) is 0 Å². The van der Waals surface area contributed by atoms with E-state index in [0.29, 0.717) is 41.9 Å². The van der Waals surface area contributed by atoms with Crippen molar-refractivity contribution >= 4 is 7.60 Å². The second-order valence-corrected chi connectivity index (χ2v) is 13.7. The average molecular weight is 443 g/mol. The molecule has 0 bridgehead atoms. The standard InChI is InChI=1S/C24H43O5P/c1-15(5-4-12-30(27,28)29)19-8-9-20-18-7-6-16-13-17(25)10-11-23(16,2)21(18)14-22(26)24(19,20)3/h15-22,25-26H,4-14H2,1-3H3,(H2,27,28,29)/t15-,16-,17-,18+,19-,20+,21+,22+,23+,24-/m1/s1. The third kappa shape index (κ3) is 3.85. The minimum Gasteiger partial charge on any atom is -0.393 e. The molecule has 4 aliphatic carbocycles. The van der Waals surface area contributed by atoms with Gasteiger partial charge in [-0.15, -0.1) is 0 Å². The lowest BCUT2D eigenvalue weighted by Gasteiger charge is -2.62. The summed E-state index contributed by atoms with van der Waals surface area (Å²) < 4.78 is 11.2. The number of aliphatic hydroxyl groups is 2. The van der Waals surface area contributed by atoms with Crippen LogP contribution >= 0.6 is 7.60 Å². The maximum absolute atomic E-state index is 11.5. The van der Waals surface area contributed by atoms with E-state index in [2.05, 4.69) is 20.8 Å². The first-order valence-electron chi connectivity index (χ1n) is 12.4. The number of rotatable bonds is 5. The average Bonchev–Trinajstić information content (AvgIpc) is 3.01. The van der Waals surface area contributed by atoms with Crippen molar-refractivity contribution in [3.05, 3.63) is 0 Å². The Labute approximate surface area is 182 Å². The van der Waals surface area contributed by atoms with Crippen LogP contribution in [0.5, 0.6) is 0 Å². The summed E-state index contributed by atoms with van der Waals surface area (Å²) in [5.41, 5.74) is 0.192. The van der Waals surface area contributed by atoms with Gasteiger partial charge in [0.1, 0.15) is 0 Å². The zero-order valence-electron chi connectivity index (χ0n) is 19.0. The van der Waals surface area contributed by atoms with Crippen molar-refractivity contribution in [2.45, 2.75) is 97.2 Å². The summed E-state index contributed by atoms with van der Waals surface area (Å²) in [6.45, 7) is 7.01. The fourth-order valence-electron chi connectivity index (χ4n) is 8.98. The highest BCUT2D eigenvalue weighted by molar-refractivity contribution is 7.51. The molecule has 4 saturated carbocycles. The monoisotopic (exact) mass is 442 g/mol. The van der Waals surface area contributed by atoms with E-state index in [1.807, 2.05) is 0 Å². The summed E-state index contributed by atoms with van der Waals surface area (Å²) in [6, 6.07) is 0. The lowest BCUT2D eigenvalue weighted by molar-refractivity contribution is -0.174. The third-order valence-electron chi connectivity index (χ3n) is 10.6. The van der Waals surface area contributed by atoms with E-state index in [9.17, 15) is 24.6 Å². The fourth-order valence-corrected chi connectivity index (χ4v) is 9.58. The van der Waals surface area contributed by atoms with E-state index in [-0.39, 0.29) is 29.2 Å². The van der Waals surface area contributed by atoms with Crippen LogP contribution in [0.2, 0.25) is 0 Å². The fraction of sp³-hybridized carbons (Fsp3) is 1.00. The summed E-state index contributed by atoms with van der Waals surface area (Å²) in [7, 11) is -3.92. The number of fused-ring (bicyclic) bond motifs is 5. The minimum atomic E-state index is -3.92. The SMILES string of the molecule is C[C@H](CCCP(=O)(O)O)[C@H]1CC[C@H]2[C@@H]3CC[C@@H]4C[C@H](O)CC[C@]4(C)[C@H]3C[C@H](O)[C@]12C. The lowest BCUT2D eigenvalue weighted by Crippen LogP contribution is -2.58. The van der Waals surface area contributed by atoms with Gasteiger partial charge in [-0.2, -0.15) is 0 Å². The van der Waals surface area contributed by atoms with Crippen molar-refractivity contribution in [1.29, 1.82) is 0 Å². The van der Waals surface area contributed by atoms with Crippen LogP contribution in [0.3, 0.4) is 0 Å². The summed E-state index contributed by atoms with van der Waals surface area (Å²) >= 11 is 0. The van der Waals surface area contributed by atoms with E-state index in [1.54, 1.807) is 0 Å². The molecule has 174 valence electrons. The van der Waals surface area contributed by atoms with Crippen LogP contribution in [0.25, 0.3) is 0 Å². The Morgan fingerprint density at radius 2 is 1.73 bits per heavy atom. The van der Waals surface area contributed by atoms with Crippen LogP contribution in [0, 0.1) is 46.3 Å². The molecule has 0 unspecified atom stereocenters. The Balaban J connectivity index is 1.50. The van der Waals surface area contributed by atoms with E-state index >= 15 is 0 Å². The van der Waals surface area contributed by atoms with Crippen LogP contribution in [-0.2, 0) is 4.57 Å². The molecule has 0 aromatic carbocycles. The largest absolute Gasteiger partial charge is 0.393 e. The summed E-state index contributed by atoms with van der Waals surface area (Å²) in [5, 5.41) is 21.8. The van der Waals surface area contributed by atoms with Gasteiger partial charge in [-0.25, -0.2) is 0 Å². The molecule has 5 nitrogen and oxygen atoms in total. The van der Waals surface area contributed by atoms with Crippen molar-refractivity contribution in [3.8, 4) is 0 Å². The van der Waals surface area contributed by atoms with E-state index in [4.69, 9.17) is 0 Å². The molecule has 10 atom stereocenters. The molecule has 0 aliphatic heterocycles. The normalized spacial score (nSPS) is 49.8. The molecule has 30 heavy (non-hydrogen) atoms. The number of aliphatic hydroxyl groups excluding tert-OH is 2. The van der Waals surface area contributed by atoms with Crippen molar-refractivity contribution < 1.29 is 24.6 Å². The topological polar surface area (TPSA) is 98.0 Å². The zero-order chi connectivity index (χ0) is 21.9. The first-order chi connectivity index (χ1) is 14.0. The van der Waals surface area contributed by atoms with E-state index < -0.39 is 7.60 Å². The molecule has 0 saturated heterocycles. The van der Waals surface area contributed by atoms with Gasteiger partial charge in [0.05, 0.1) is 12.2 Å². The van der Waals surface area contributed by atoms with Gasteiger partial charge in [0.25, 0.3) is 0 Å². The summed E-state index contributed by atoms with van der Waals surface area (Å²) in [6.07, 6.45) is 9.57. The Bertz CT molecular complexity index is 679. The highest BCUT2D eigenvalue weighted by Gasteiger charge is 2.63. The maximum atomic E-state index is 11.5. The minimum absolute atomic E-state index is 0.0248.